The predicted octanol–water partition coefficient (Wildman–Crippen LogP) is 2.89. The molecule has 0 saturated carbocycles. The van der Waals surface area contributed by atoms with Crippen LogP contribution in [0, 0.1) is 11.7 Å². The van der Waals surface area contributed by atoms with Gasteiger partial charge in [0.25, 0.3) is 5.91 Å². The maximum atomic E-state index is 13.7. The van der Waals surface area contributed by atoms with E-state index in [9.17, 15) is 9.18 Å². The Kier molecular flexibility index (Phi) is 5.00. The van der Waals surface area contributed by atoms with Gasteiger partial charge in [-0.2, -0.15) is 0 Å². The summed E-state index contributed by atoms with van der Waals surface area (Å²) < 4.78 is 13.7. The van der Waals surface area contributed by atoms with Crippen LogP contribution in [0.15, 0.2) is 18.2 Å². The number of benzene rings is 1. The Labute approximate surface area is 124 Å². The second-order valence-corrected chi connectivity index (χ2v) is 6.05. The molecular weight excluding hydrogens is 279 g/mol. The predicted molar refractivity (Wildman–Crippen MR) is 78.6 cm³/mol. The molecule has 20 heavy (non-hydrogen) atoms. The second kappa shape index (κ2) is 6.55. The van der Waals surface area contributed by atoms with Crippen molar-refractivity contribution in [3.8, 4) is 0 Å². The van der Waals surface area contributed by atoms with Crippen LogP contribution >= 0.6 is 11.6 Å². The van der Waals surface area contributed by atoms with Crippen molar-refractivity contribution in [2.75, 3.05) is 32.7 Å². The van der Waals surface area contributed by atoms with Gasteiger partial charge in [0.1, 0.15) is 5.82 Å². The summed E-state index contributed by atoms with van der Waals surface area (Å²) in [4.78, 5) is 16.3. The summed E-state index contributed by atoms with van der Waals surface area (Å²) in [7, 11) is 0. The van der Waals surface area contributed by atoms with Crippen LogP contribution < -0.4 is 0 Å². The molecule has 0 N–H and O–H groups in total. The maximum Gasteiger partial charge on any atom is 0.256 e. The standard InChI is InChI=1S/C15H20ClFN2O/c1-11(2)10-18-5-7-19(8-6-18)15(20)13-9-12(16)3-4-14(13)17/h3-4,9,11H,5-8,10H2,1-2H3. The first-order valence-corrected chi connectivity index (χ1v) is 7.32. The van der Waals surface area contributed by atoms with Crippen molar-refractivity contribution >= 4 is 17.5 Å². The van der Waals surface area contributed by atoms with Gasteiger partial charge in [-0.15, -0.1) is 0 Å². The lowest BCUT2D eigenvalue weighted by Crippen LogP contribution is -2.49. The lowest BCUT2D eigenvalue weighted by molar-refractivity contribution is 0.0619. The topological polar surface area (TPSA) is 23.6 Å². The van der Waals surface area contributed by atoms with Crippen LogP contribution in [0.25, 0.3) is 0 Å². The zero-order valence-electron chi connectivity index (χ0n) is 11.9. The SMILES string of the molecule is CC(C)CN1CCN(C(=O)c2cc(Cl)ccc2F)CC1. The number of halogens is 2. The Morgan fingerprint density at radius 3 is 2.55 bits per heavy atom. The van der Waals surface area contributed by atoms with Crippen molar-refractivity contribution in [3.63, 3.8) is 0 Å². The molecule has 5 heteroatoms. The summed E-state index contributed by atoms with van der Waals surface area (Å²) in [5.41, 5.74) is 0.0646. The first-order chi connectivity index (χ1) is 9.47. The van der Waals surface area contributed by atoms with E-state index in [0.717, 1.165) is 19.6 Å². The van der Waals surface area contributed by atoms with E-state index < -0.39 is 5.82 Å². The number of rotatable bonds is 3. The molecule has 1 amide bonds. The van der Waals surface area contributed by atoms with Gasteiger partial charge >= 0.3 is 0 Å². The first-order valence-electron chi connectivity index (χ1n) is 6.94. The zero-order valence-corrected chi connectivity index (χ0v) is 12.7. The fourth-order valence-electron chi connectivity index (χ4n) is 2.48. The van der Waals surface area contributed by atoms with Crippen LogP contribution in [0.5, 0.6) is 0 Å². The van der Waals surface area contributed by atoms with Gasteiger partial charge < -0.3 is 4.90 Å². The summed E-state index contributed by atoms with van der Waals surface area (Å²) in [5, 5.41) is 0.383. The number of carbonyl (C=O) groups is 1. The molecule has 1 aliphatic rings. The summed E-state index contributed by atoms with van der Waals surface area (Å²) in [6.45, 7) is 8.35. The van der Waals surface area contributed by atoms with Crippen molar-refractivity contribution in [2.24, 2.45) is 5.92 Å². The molecule has 1 fully saturated rings. The van der Waals surface area contributed by atoms with Gasteiger partial charge in [-0.25, -0.2) is 4.39 Å². The summed E-state index contributed by atoms with van der Waals surface area (Å²) in [5.74, 6) is -0.166. The highest BCUT2D eigenvalue weighted by atomic mass is 35.5. The van der Waals surface area contributed by atoms with Crippen LogP contribution in [0.3, 0.4) is 0 Å². The molecule has 2 rings (SSSR count). The molecule has 0 atom stereocenters. The monoisotopic (exact) mass is 298 g/mol. The third-order valence-electron chi connectivity index (χ3n) is 3.44. The molecule has 1 aromatic carbocycles. The fourth-order valence-corrected chi connectivity index (χ4v) is 2.65. The van der Waals surface area contributed by atoms with E-state index in [-0.39, 0.29) is 11.5 Å². The average molecular weight is 299 g/mol. The van der Waals surface area contributed by atoms with E-state index in [2.05, 4.69) is 18.7 Å². The van der Waals surface area contributed by atoms with Crippen molar-refractivity contribution in [2.45, 2.75) is 13.8 Å². The van der Waals surface area contributed by atoms with E-state index in [4.69, 9.17) is 11.6 Å². The third-order valence-corrected chi connectivity index (χ3v) is 3.68. The Morgan fingerprint density at radius 2 is 1.95 bits per heavy atom. The van der Waals surface area contributed by atoms with Crippen molar-refractivity contribution < 1.29 is 9.18 Å². The van der Waals surface area contributed by atoms with Crippen molar-refractivity contribution in [1.82, 2.24) is 9.80 Å². The van der Waals surface area contributed by atoms with E-state index >= 15 is 0 Å². The van der Waals surface area contributed by atoms with Gasteiger partial charge in [0.05, 0.1) is 5.56 Å². The van der Waals surface area contributed by atoms with Gasteiger partial charge in [-0.05, 0) is 24.1 Å². The smallest absolute Gasteiger partial charge is 0.256 e. The number of carbonyl (C=O) groups excluding carboxylic acids is 1. The Balaban J connectivity index is 2.00. The minimum atomic E-state index is -0.510. The average Bonchev–Trinajstić information content (AvgIpc) is 2.41. The first kappa shape index (κ1) is 15.3. The lowest BCUT2D eigenvalue weighted by atomic mass is 10.1. The molecule has 0 bridgehead atoms. The molecule has 1 heterocycles. The molecule has 0 radical (unpaired) electrons. The van der Waals surface area contributed by atoms with E-state index in [0.29, 0.717) is 24.0 Å². The fraction of sp³-hybridized carbons (Fsp3) is 0.533. The normalized spacial score (nSPS) is 16.8. The van der Waals surface area contributed by atoms with Crippen LogP contribution in [0.1, 0.15) is 24.2 Å². The van der Waals surface area contributed by atoms with Gasteiger partial charge in [0.15, 0.2) is 0 Å². The highest BCUT2D eigenvalue weighted by Crippen LogP contribution is 2.18. The van der Waals surface area contributed by atoms with Crippen molar-refractivity contribution in [3.05, 3.63) is 34.6 Å². The molecule has 0 spiro atoms. The van der Waals surface area contributed by atoms with Crippen molar-refractivity contribution in [1.29, 1.82) is 0 Å². The highest BCUT2D eigenvalue weighted by Gasteiger charge is 2.24. The lowest BCUT2D eigenvalue weighted by Gasteiger charge is -2.35. The molecule has 1 aliphatic heterocycles. The zero-order chi connectivity index (χ0) is 14.7. The Morgan fingerprint density at radius 1 is 1.30 bits per heavy atom. The molecule has 1 aromatic rings. The van der Waals surface area contributed by atoms with Crippen LogP contribution in [-0.2, 0) is 0 Å². The van der Waals surface area contributed by atoms with Crippen LogP contribution in [0.4, 0.5) is 4.39 Å². The highest BCUT2D eigenvalue weighted by molar-refractivity contribution is 6.31. The second-order valence-electron chi connectivity index (χ2n) is 5.61. The molecular formula is C15H20ClFN2O. The number of amides is 1. The molecule has 0 unspecified atom stereocenters. The molecule has 3 nitrogen and oxygen atoms in total. The Hall–Kier alpha value is -1.13. The van der Waals surface area contributed by atoms with Crippen LogP contribution in [0.2, 0.25) is 5.02 Å². The number of nitrogens with zero attached hydrogens (tertiary/aromatic N) is 2. The summed E-state index contributed by atoms with van der Waals surface area (Å²) in [6, 6.07) is 4.10. The summed E-state index contributed by atoms with van der Waals surface area (Å²) in [6.07, 6.45) is 0. The molecule has 110 valence electrons. The van der Waals surface area contributed by atoms with Crippen LogP contribution in [-0.4, -0.2) is 48.4 Å². The minimum Gasteiger partial charge on any atom is -0.336 e. The molecule has 0 aromatic heterocycles. The largest absolute Gasteiger partial charge is 0.336 e. The van der Waals surface area contributed by atoms with E-state index in [1.165, 1.54) is 18.2 Å². The molecule has 0 aliphatic carbocycles. The number of piperazine rings is 1. The van der Waals surface area contributed by atoms with E-state index in [1.54, 1.807) is 4.90 Å². The molecule has 1 saturated heterocycles. The van der Waals surface area contributed by atoms with Gasteiger partial charge in [-0.3, -0.25) is 9.69 Å². The van der Waals surface area contributed by atoms with Gasteiger partial charge in [0, 0.05) is 37.7 Å². The maximum absolute atomic E-state index is 13.7. The van der Waals surface area contributed by atoms with Gasteiger partial charge in [-0.1, -0.05) is 25.4 Å². The minimum absolute atomic E-state index is 0.0646. The summed E-state index contributed by atoms with van der Waals surface area (Å²) >= 11 is 5.83. The number of hydrogen-bond acceptors (Lipinski definition) is 2. The Bertz CT molecular complexity index is 485. The number of hydrogen-bond donors (Lipinski definition) is 0. The van der Waals surface area contributed by atoms with Gasteiger partial charge in [0.2, 0.25) is 0 Å². The third kappa shape index (κ3) is 3.70. The van der Waals surface area contributed by atoms with E-state index in [1.807, 2.05) is 0 Å². The quantitative estimate of drug-likeness (QED) is 0.857.